The number of hydrogen-bond acceptors (Lipinski definition) is 8. The maximum atomic E-state index is 13.4. The number of aliphatic hydroxyl groups is 2. The van der Waals surface area contributed by atoms with Crippen LogP contribution < -0.4 is 0 Å². The fourth-order valence-corrected chi connectivity index (χ4v) is 9.50. The van der Waals surface area contributed by atoms with Crippen LogP contribution in [0.2, 0.25) is 15.2 Å². The van der Waals surface area contributed by atoms with Gasteiger partial charge in [0.05, 0.1) is 46.6 Å². The van der Waals surface area contributed by atoms with Crippen molar-refractivity contribution < 1.29 is 28.6 Å². The monoisotopic (exact) mass is 894 g/mol. The Hall–Kier alpha value is -4.73. The number of amides is 2. The molecule has 0 saturated heterocycles. The van der Waals surface area contributed by atoms with Crippen molar-refractivity contribution in [2.45, 2.75) is 76.7 Å². The van der Waals surface area contributed by atoms with Crippen LogP contribution >= 0.6 is 34.8 Å². The normalized spacial score (nSPS) is 18.2. The predicted molar refractivity (Wildman–Crippen MR) is 231 cm³/mol. The summed E-state index contributed by atoms with van der Waals surface area (Å²) in [6, 6.07) is 10.6. The summed E-state index contributed by atoms with van der Waals surface area (Å²) in [7, 11) is 3.52. The minimum absolute atomic E-state index is 0.0472. The second kappa shape index (κ2) is 17.2. The Morgan fingerprint density at radius 3 is 1.72 bits per heavy atom. The molecule has 8 rings (SSSR count). The fraction of sp³-hybridized carbons (Fsp3) is 0.409. The van der Waals surface area contributed by atoms with Crippen LogP contribution in [0.3, 0.4) is 0 Å². The van der Waals surface area contributed by atoms with E-state index in [4.69, 9.17) is 34.8 Å². The van der Waals surface area contributed by atoms with Crippen molar-refractivity contribution in [2.24, 2.45) is 14.1 Å². The maximum Gasteiger partial charge on any atom is 0.227 e. The van der Waals surface area contributed by atoms with Crippen LogP contribution in [0.1, 0.15) is 84.3 Å². The highest BCUT2D eigenvalue weighted by Crippen LogP contribution is 2.39. The number of hydrogen-bond donors (Lipinski definition) is 2. The molecule has 0 aliphatic carbocycles. The minimum Gasteiger partial charge on any atom is -0.383 e. The number of aromatic nitrogens is 6. The van der Waals surface area contributed by atoms with Crippen molar-refractivity contribution in [2.75, 3.05) is 26.4 Å². The topological polar surface area (TPSA) is 142 Å². The largest absolute Gasteiger partial charge is 0.383 e. The highest BCUT2D eigenvalue weighted by molar-refractivity contribution is 6.36. The van der Waals surface area contributed by atoms with Gasteiger partial charge in [0.25, 0.3) is 0 Å². The zero-order valence-corrected chi connectivity index (χ0v) is 37.0. The van der Waals surface area contributed by atoms with Crippen LogP contribution in [0.15, 0.2) is 55.0 Å². The zero-order chi connectivity index (χ0) is 44.1. The zero-order valence-electron chi connectivity index (χ0n) is 34.7. The highest BCUT2D eigenvalue weighted by Gasteiger charge is 2.36. The van der Waals surface area contributed by atoms with Crippen molar-refractivity contribution >= 4 is 68.7 Å². The molecule has 61 heavy (non-hydrogen) atoms. The van der Waals surface area contributed by atoms with E-state index >= 15 is 0 Å². The van der Waals surface area contributed by atoms with Gasteiger partial charge < -0.3 is 20.0 Å². The lowest BCUT2D eigenvalue weighted by Gasteiger charge is -2.38. The minimum atomic E-state index is -1.55. The van der Waals surface area contributed by atoms with E-state index < -0.39 is 24.6 Å². The lowest BCUT2D eigenvalue weighted by atomic mass is 9.83. The molecule has 2 aliphatic heterocycles. The average Bonchev–Trinajstić information content (AvgIpc) is 3.76. The molecule has 0 saturated carbocycles. The van der Waals surface area contributed by atoms with Crippen LogP contribution in [0.5, 0.6) is 0 Å². The lowest BCUT2D eigenvalue weighted by Crippen LogP contribution is -2.41. The van der Waals surface area contributed by atoms with E-state index in [0.717, 1.165) is 27.6 Å². The summed E-state index contributed by atoms with van der Waals surface area (Å²) in [5.41, 5.74) is 4.32. The molecule has 0 spiro atoms. The Labute approximate surface area is 367 Å². The molecule has 2 aromatic carbocycles. The number of carbonyl (C=O) groups is 2. The van der Waals surface area contributed by atoms with Gasteiger partial charge >= 0.3 is 0 Å². The van der Waals surface area contributed by atoms with Gasteiger partial charge in [-0.1, -0.05) is 71.2 Å². The molecule has 322 valence electrons. The first-order chi connectivity index (χ1) is 28.9. The molecule has 2 aliphatic rings. The Bertz CT molecular complexity index is 2670. The number of fused-ring (bicyclic) bond motifs is 4. The van der Waals surface area contributed by atoms with E-state index in [1.54, 1.807) is 59.0 Å². The fourth-order valence-electron chi connectivity index (χ4n) is 8.76. The molecule has 2 N–H and O–H groups in total. The average molecular weight is 896 g/mol. The summed E-state index contributed by atoms with van der Waals surface area (Å²) < 4.78 is 30.0. The molecule has 12 nitrogen and oxygen atoms in total. The number of benzene rings is 2. The van der Waals surface area contributed by atoms with E-state index in [-0.39, 0.29) is 41.9 Å². The summed E-state index contributed by atoms with van der Waals surface area (Å²) in [4.78, 5) is 38.7. The van der Waals surface area contributed by atoms with E-state index in [9.17, 15) is 28.6 Å². The van der Waals surface area contributed by atoms with Crippen molar-refractivity contribution in [1.82, 2.24) is 39.3 Å². The number of halogens is 5. The quantitative estimate of drug-likeness (QED) is 0.159. The first kappa shape index (κ1) is 44.3. The molecule has 6 aromatic rings. The molecule has 0 bridgehead atoms. The highest BCUT2D eigenvalue weighted by atomic mass is 35.5. The summed E-state index contributed by atoms with van der Waals surface area (Å²) in [6.45, 7) is 6.06. The third-order valence-electron chi connectivity index (χ3n) is 12.1. The van der Waals surface area contributed by atoms with Crippen molar-refractivity contribution in [3.05, 3.63) is 115 Å². The van der Waals surface area contributed by atoms with Gasteiger partial charge in [0.1, 0.15) is 24.6 Å². The van der Waals surface area contributed by atoms with Crippen LogP contribution in [0.4, 0.5) is 8.78 Å². The molecule has 0 fully saturated rings. The van der Waals surface area contributed by atoms with E-state index in [2.05, 4.69) is 20.2 Å². The molecular weight excluding hydrogens is 849 g/mol. The number of alkyl halides is 2. The second-order valence-corrected chi connectivity index (χ2v) is 17.4. The molecule has 6 heterocycles. The van der Waals surface area contributed by atoms with Gasteiger partial charge in [-0.25, -0.2) is 23.4 Å². The van der Waals surface area contributed by atoms with Crippen LogP contribution in [0, 0.1) is 0 Å². The first-order valence-corrected chi connectivity index (χ1v) is 21.0. The van der Waals surface area contributed by atoms with Gasteiger partial charge in [-0.2, -0.15) is 10.2 Å². The third-order valence-corrected chi connectivity index (χ3v) is 13.0. The van der Waals surface area contributed by atoms with Gasteiger partial charge in [0.15, 0.2) is 16.4 Å². The summed E-state index contributed by atoms with van der Waals surface area (Å²) >= 11 is 19.0. The van der Waals surface area contributed by atoms with Crippen molar-refractivity contribution in [1.29, 1.82) is 0 Å². The molecule has 4 atom stereocenters. The number of carbonyl (C=O) groups excluding carboxylic acids is 2. The van der Waals surface area contributed by atoms with Gasteiger partial charge in [-0.15, -0.1) is 0 Å². The second-order valence-electron chi connectivity index (χ2n) is 16.2. The van der Waals surface area contributed by atoms with Crippen LogP contribution in [-0.2, 0) is 60.6 Å². The van der Waals surface area contributed by atoms with Gasteiger partial charge in [-0.3, -0.25) is 14.3 Å². The van der Waals surface area contributed by atoms with Crippen molar-refractivity contribution in [3.63, 3.8) is 0 Å². The SMILES string of the molecule is C[C@H]1c2cccc([C@@](C)(O)CF)c2CCN1C(=O)Cc1c(Cl)cnc2c1c(Cl)nn2C.C[C@H]1c2cccc([C@@](C)(O)CF)c2CCN1C(=O)Cc1c(Cl)cnc2c1cnn2C. The Morgan fingerprint density at radius 2 is 1.21 bits per heavy atom. The predicted octanol–water partition coefficient (Wildman–Crippen LogP) is 7.63. The van der Waals surface area contributed by atoms with E-state index in [0.29, 0.717) is 74.9 Å². The molecule has 17 heteroatoms. The summed E-state index contributed by atoms with van der Waals surface area (Å²) in [5, 5.41) is 31.7. The van der Waals surface area contributed by atoms with Crippen molar-refractivity contribution in [3.8, 4) is 0 Å². The van der Waals surface area contributed by atoms with Crippen LogP contribution in [0.25, 0.3) is 22.1 Å². The molecular formula is C44H47Cl3F2N8O4. The standard InChI is InChI=1S/C22H23Cl2FN4O2.C22H24ClFN4O2/c1-12-13-5-4-6-16(22(2,31)11-25)14(13)7-8-29(12)18(30)9-15-17(23)10-26-21-19(15)20(24)27-28(21)3;1-13-14-5-4-6-18(22(2,30)12-24)15(14)7-8-28(13)20(29)9-16-17-10-26-27(3)21(17)25-11-19(16)23/h4-6,10,12,31H,7-9,11H2,1-3H3;4-6,10-11,13,30H,7-9,12H2,1-3H3/t12-,22-;13-,22-/m00/s1. The third kappa shape index (κ3) is 8.20. The number of nitrogens with zero attached hydrogens (tertiary/aromatic N) is 8. The first-order valence-electron chi connectivity index (χ1n) is 19.9. The number of rotatable bonds is 8. The summed E-state index contributed by atoms with van der Waals surface area (Å²) in [5.74, 6) is -0.149. The van der Waals surface area contributed by atoms with E-state index in [1.807, 2.05) is 36.9 Å². The Balaban J connectivity index is 0.000000184. The Morgan fingerprint density at radius 1 is 0.738 bits per heavy atom. The molecule has 4 aromatic heterocycles. The van der Waals surface area contributed by atoms with Gasteiger partial charge in [-0.05, 0) is 85.0 Å². The lowest BCUT2D eigenvalue weighted by molar-refractivity contribution is -0.133. The Kier molecular flexibility index (Phi) is 12.5. The maximum absolute atomic E-state index is 13.4. The van der Waals surface area contributed by atoms with Crippen LogP contribution in [-0.4, -0.2) is 87.8 Å². The molecule has 0 radical (unpaired) electrons. The number of pyridine rings is 2. The molecule has 2 amide bonds. The van der Waals surface area contributed by atoms with Gasteiger partial charge in [0.2, 0.25) is 11.8 Å². The van der Waals surface area contributed by atoms with Gasteiger partial charge in [0, 0.05) is 45.0 Å². The van der Waals surface area contributed by atoms with E-state index in [1.165, 1.54) is 20.0 Å². The molecule has 0 unspecified atom stereocenters. The smallest absolute Gasteiger partial charge is 0.227 e. The summed E-state index contributed by atoms with van der Waals surface area (Å²) in [6.07, 6.45) is 6.03. The number of aryl methyl sites for hydroxylation is 2.